The molecule has 6 heteroatoms. The van der Waals surface area contributed by atoms with Crippen LogP contribution in [0.15, 0.2) is 48.5 Å². The first-order valence-corrected chi connectivity index (χ1v) is 10.4. The number of benzene rings is 2. The van der Waals surface area contributed by atoms with E-state index in [0.717, 1.165) is 35.9 Å². The summed E-state index contributed by atoms with van der Waals surface area (Å²) in [5.74, 6) is 0.247. The van der Waals surface area contributed by atoms with Gasteiger partial charge in [0.25, 0.3) is 0 Å². The molecule has 2 aromatic carbocycles. The molecule has 3 N–H and O–H groups in total. The molecular weight excluding hydrogens is 380 g/mol. The smallest absolute Gasteiger partial charge is 0.354 e. The number of aliphatic hydroxyl groups excluding tert-OH is 1. The molecule has 3 aromatic rings. The fraction of sp³-hybridized carbons (Fsp3) is 0.375. The molecule has 1 unspecified atom stereocenters. The number of nitrogens with one attached hydrogen (secondary N) is 2. The Bertz CT molecular complexity index is 952. The molecule has 0 aliphatic rings. The summed E-state index contributed by atoms with van der Waals surface area (Å²) in [5.41, 5.74) is 3.52. The van der Waals surface area contributed by atoms with Crippen LogP contribution in [0.5, 0.6) is 5.75 Å². The van der Waals surface area contributed by atoms with Crippen LogP contribution in [0.3, 0.4) is 0 Å². The molecule has 0 radical (unpaired) electrons. The Balaban J connectivity index is 1.49. The molecule has 160 valence electrons. The molecule has 30 heavy (non-hydrogen) atoms. The summed E-state index contributed by atoms with van der Waals surface area (Å²) in [7, 11) is 0. The van der Waals surface area contributed by atoms with Gasteiger partial charge in [-0.3, -0.25) is 0 Å². The molecule has 0 bridgehead atoms. The van der Waals surface area contributed by atoms with Gasteiger partial charge in [0.05, 0.1) is 12.1 Å². The van der Waals surface area contributed by atoms with Crippen LogP contribution in [-0.2, 0) is 11.2 Å². The Morgan fingerprint density at radius 3 is 2.77 bits per heavy atom. The van der Waals surface area contributed by atoms with Crippen molar-refractivity contribution in [1.82, 2.24) is 10.3 Å². The third-order valence-corrected chi connectivity index (χ3v) is 4.81. The zero-order valence-corrected chi connectivity index (χ0v) is 17.6. The second-order valence-electron chi connectivity index (χ2n) is 7.39. The van der Waals surface area contributed by atoms with Crippen LogP contribution in [0, 0.1) is 6.92 Å². The van der Waals surface area contributed by atoms with E-state index in [1.807, 2.05) is 37.3 Å². The second kappa shape index (κ2) is 10.8. The van der Waals surface area contributed by atoms with Crippen LogP contribution >= 0.6 is 0 Å². The number of aliphatic hydroxyl groups is 1. The number of carbonyl (C=O) groups is 1. The van der Waals surface area contributed by atoms with Gasteiger partial charge in [-0.05, 0) is 62.6 Å². The van der Waals surface area contributed by atoms with Crippen LogP contribution in [-0.4, -0.2) is 48.5 Å². The van der Waals surface area contributed by atoms with Crippen LogP contribution in [0.1, 0.15) is 35.0 Å². The molecule has 0 saturated heterocycles. The van der Waals surface area contributed by atoms with E-state index in [9.17, 15) is 9.90 Å². The van der Waals surface area contributed by atoms with Crippen molar-refractivity contribution in [3.05, 3.63) is 65.4 Å². The highest BCUT2D eigenvalue weighted by atomic mass is 16.5. The van der Waals surface area contributed by atoms with Crippen molar-refractivity contribution >= 4 is 16.9 Å². The van der Waals surface area contributed by atoms with Crippen molar-refractivity contribution in [2.24, 2.45) is 0 Å². The molecule has 6 nitrogen and oxygen atoms in total. The number of H-pyrrole nitrogens is 1. The third-order valence-electron chi connectivity index (χ3n) is 4.81. The fourth-order valence-corrected chi connectivity index (χ4v) is 3.36. The number of aromatic nitrogens is 1. The number of aromatic amines is 1. The Morgan fingerprint density at radius 2 is 2.00 bits per heavy atom. The number of esters is 1. The summed E-state index contributed by atoms with van der Waals surface area (Å²) in [5, 5.41) is 14.3. The summed E-state index contributed by atoms with van der Waals surface area (Å²) in [6.07, 6.45) is 1.40. The van der Waals surface area contributed by atoms with E-state index in [1.165, 1.54) is 5.56 Å². The lowest BCUT2D eigenvalue weighted by Crippen LogP contribution is -2.32. The van der Waals surface area contributed by atoms with Crippen LogP contribution in [0.2, 0.25) is 0 Å². The normalized spacial score (nSPS) is 12.1. The van der Waals surface area contributed by atoms with Gasteiger partial charge in [0.2, 0.25) is 0 Å². The molecule has 1 aromatic heterocycles. The lowest BCUT2D eigenvalue weighted by molar-refractivity contribution is 0.0520. The largest absolute Gasteiger partial charge is 0.490 e. The van der Waals surface area contributed by atoms with Crippen molar-refractivity contribution in [3.63, 3.8) is 0 Å². The number of hydrogen-bond acceptors (Lipinski definition) is 5. The summed E-state index contributed by atoms with van der Waals surface area (Å²) in [4.78, 5) is 15.1. The molecule has 0 aliphatic carbocycles. The lowest BCUT2D eigenvalue weighted by Gasteiger charge is -2.14. The summed E-state index contributed by atoms with van der Waals surface area (Å²) in [6.45, 7) is 5.52. The zero-order chi connectivity index (χ0) is 21.3. The SMILES string of the molecule is CCOC(=O)c1cc2c(OCC(O)CNCCCc3ccccc3)cc(C)cc2[nH]1. The quantitative estimate of drug-likeness (QED) is 0.332. The molecular formula is C24H30N2O4. The molecule has 1 heterocycles. The van der Waals surface area contributed by atoms with E-state index in [2.05, 4.69) is 22.4 Å². The monoisotopic (exact) mass is 410 g/mol. The first-order valence-electron chi connectivity index (χ1n) is 10.4. The Labute approximate surface area is 177 Å². The number of hydrogen-bond donors (Lipinski definition) is 3. The number of rotatable bonds is 11. The van der Waals surface area contributed by atoms with Gasteiger partial charge in [-0.2, -0.15) is 0 Å². The predicted molar refractivity (Wildman–Crippen MR) is 118 cm³/mol. The van der Waals surface area contributed by atoms with E-state index in [1.54, 1.807) is 13.0 Å². The highest BCUT2D eigenvalue weighted by molar-refractivity contribution is 5.97. The van der Waals surface area contributed by atoms with Gasteiger partial charge in [-0.15, -0.1) is 0 Å². The zero-order valence-electron chi connectivity index (χ0n) is 17.6. The van der Waals surface area contributed by atoms with Crippen molar-refractivity contribution in [1.29, 1.82) is 0 Å². The Kier molecular flexibility index (Phi) is 7.88. The highest BCUT2D eigenvalue weighted by Crippen LogP contribution is 2.28. The van der Waals surface area contributed by atoms with E-state index in [0.29, 0.717) is 24.6 Å². The van der Waals surface area contributed by atoms with Crippen molar-refractivity contribution in [3.8, 4) is 5.75 Å². The molecule has 0 aliphatic heterocycles. The minimum Gasteiger partial charge on any atom is -0.490 e. The second-order valence-corrected chi connectivity index (χ2v) is 7.39. The molecule has 1 atom stereocenters. The Morgan fingerprint density at radius 1 is 1.20 bits per heavy atom. The predicted octanol–water partition coefficient (Wildman–Crippen LogP) is 3.62. The van der Waals surface area contributed by atoms with E-state index >= 15 is 0 Å². The van der Waals surface area contributed by atoms with Gasteiger partial charge >= 0.3 is 5.97 Å². The van der Waals surface area contributed by atoms with Gasteiger partial charge < -0.3 is 24.9 Å². The molecule has 0 amide bonds. The van der Waals surface area contributed by atoms with E-state index < -0.39 is 12.1 Å². The number of ether oxygens (including phenoxy) is 2. The average molecular weight is 411 g/mol. The van der Waals surface area contributed by atoms with Gasteiger partial charge in [-0.1, -0.05) is 30.3 Å². The third kappa shape index (κ3) is 6.08. The number of fused-ring (bicyclic) bond motifs is 1. The number of carbonyl (C=O) groups excluding carboxylic acids is 1. The van der Waals surface area contributed by atoms with Gasteiger partial charge in [0.15, 0.2) is 0 Å². The summed E-state index contributed by atoms with van der Waals surface area (Å²) < 4.78 is 10.9. The minimum atomic E-state index is -0.624. The number of aryl methyl sites for hydroxylation is 2. The fourth-order valence-electron chi connectivity index (χ4n) is 3.36. The Hall–Kier alpha value is -2.83. The van der Waals surface area contributed by atoms with Crippen molar-refractivity contribution in [2.45, 2.75) is 32.8 Å². The maximum Gasteiger partial charge on any atom is 0.354 e. The summed E-state index contributed by atoms with van der Waals surface area (Å²) >= 11 is 0. The standard InChI is InChI=1S/C24H30N2O4/c1-3-29-24(28)22-14-20-21(26-22)12-17(2)13-23(20)30-16-19(27)15-25-11-7-10-18-8-5-4-6-9-18/h4-6,8-9,12-14,19,25-27H,3,7,10-11,15-16H2,1-2H3. The minimum absolute atomic E-state index is 0.171. The van der Waals surface area contributed by atoms with Crippen LogP contribution < -0.4 is 10.1 Å². The molecule has 3 rings (SSSR count). The summed E-state index contributed by atoms with van der Waals surface area (Å²) in [6, 6.07) is 16.0. The van der Waals surface area contributed by atoms with E-state index in [-0.39, 0.29) is 6.61 Å². The first kappa shape index (κ1) is 21.9. The van der Waals surface area contributed by atoms with Crippen molar-refractivity contribution < 1.29 is 19.4 Å². The molecule has 0 fully saturated rings. The topological polar surface area (TPSA) is 83.6 Å². The van der Waals surface area contributed by atoms with Gasteiger partial charge in [0, 0.05) is 11.9 Å². The molecule has 0 saturated carbocycles. The average Bonchev–Trinajstić information content (AvgIpc) is 3.17. The van der Waals surface area contributed by atoms with Crippen LogP contribution in [0.4, 0.5) is 0 Å². The maximum atomic E-state index is 12.0. The van der Waals surface area contributed by atoms with Gasteiger partial charge in [0.1, 0.15) is 24.2 Å². The lowest BCUT2D eigenvalue weighted by atomic mass is 10.1. The highest BCUT2D eigenvalue weighted by Gasteiger charge is 2.15. The van der Waals surface area contributed by atoms with E-state index in [4.69, 9.17) is 9.47 Å². The maximum absolute atomic E-state index is 12.0. The van der Waals surface area contributed by atoms with Gasteiger partial charge in [-0.25, -0.2) is 4.79 Å². The van der Waals surface area contributed by atoms with Crippen molar-refractivity contribution in [2.75, 3.05) is 26.3 Å². The first-order chi connectivity index (χ1) is 14.6. The molecule has 0 spiro atoms. The van der Waals surface area contributed by atoms with Crippen LogP contribution in [0.25, 0.3) is 10.9 Å².